The summed E-state index contributed by atoms with van der Waals surface area (Å²) in [5.41, 5.74) is -0.422. The van der Waals surface area contributed by atoms with Crippen LogP contribution in [0.1, 0.15) is 40.0 Å². The molecule has 0 spiro atoms. The van der Waals surface area contributed by atoms with Crippen LogP contribution in [0.25, 0.3) is 0 Å². The molecule has 1 fully saturated rings. The molecular formula is C13H24N2O3. The van der Waals surface area contributed by atoms with Gasteiger partial charge in [-0.3, -0.25) is 9.59 Å². The first-order valence-electron chi connectivity index (χ1n) is 6.47. The minimum atomic E-state index is -0.422. The van der Waals surface area contributed by atoms with Crippen LogP contribution in [0, 0.1) is 0 Å². The molecule has 0 radical (unpaired) electrons. The Hall–Kier alpha value is -1.10. The summed E-state index contributed by atoms with van der Waals surface area (Å²) in [6, 6.07) is 0.287. The molecule has 1 atom stereocenters. The van der Waals surface area contributed by atoms with Crippen molar-refractivity contribution < 1.29 is 14.3 Å². The van der Waals surface area contributed by atoms with Gasteiger partial charge in [0.05, 0.1) is 6.42 Å². The van der Waals surface area contributed by atoms with Crippen molar-refractivity contribution in [2.75, 3.05) is 20.1 Å². The van der Waals surface area contributed by atoms with E-state index in [9.17, 15) is 9.59 Å². The Morgan fingerprint density at radius 3 is 2.72 bits per heavy atom. The van der Waals surface area contributed by atoms with E-state index in [1.807, 2.05) is 27.8 Å². The summed E-state index contributed by atoms with van der Waals surface area (Å²) < 4.78 is 5.22. The number of likely N-dealkylation sites (tertiary alicyclic amines) is 1. The number of hydrogen-bond donors (Lipinski definition) is 1. The lowest BCUT2D eigenvalue weighted by Crippen LogP contribution is -2.47. The molecule has 1 aliphatic heterocycles. The van der Waals surface area contributed by atoms with Crippen molar-refractivity contribution in [3.8, 4) is 0 Å². The molecule has 0 aliphatic carbocycles. The predicted octanol–water partition coefficient (Wildman–Crippen LogP) is 0.929. The number of likely N-dealkylation sites (N-methyl/N-ethyl adjacent to an activating group) is 1. The van der Waals surface area contributed by atoms with Crippen LogP contribution in [0.5, 0.6) is 0 Å². The van der Waals surface area contributed by atoms with Crippen molar-refractivity contribution in [1.29, 1.82) is 0 Å². The number of nitrogens with one attached hydrogen (secondary N) is 1. The number of nitrogens with zero attached hydrogens (tertiary/aromatic N) is 1. The molecule has 0 aromatic heterocycles. The standard InChI is InChI=1S/C13H24N2O3/c1-13(2,3)18-12(17)7-8-14-10-5-6-11(16)15(4)9-10/h10,14H,5-9H2,1-4H3. The number of carbonyl (C=O) groups is 2. The van der Waals surface area contributed by atoms with E-state index in [4.69, 9.17) is 4.74 Å². The average Bonchev–Trinajstić information content (AvgIpc) is 2.20. The van der Waals surface area contributed by atoms with Gasteiger partial charge < -0.3 is 15.0 Å². The largest absolute Gasteiger partial charge is 0.460 e. The molecule has 1 heterocycles. The van der Waals surface area contributed by atoms with Crippen LogP contribution in [-0.2, 0) is 14.3 Å². The molecule has 0 aromatic rings. The first-order valence-corrected chi connectivity index (χ1v) is 6.47. The van der Waals surface area contributed by atoms with Gasteiger partial charge in [-0.15, -0.1) is 0 Å². The first kappa shape index (κ1) is 15.0. The van der Waals surface area contributed by atoms with Crippen LogP contribution in [0.3, 0.4) is 0 Å². The van der Waals surface area contributed by atoms with Gasteiger partial charge in [-0.1, -0.05) is 0 Å². The van der Waals surface area contributed by atoms with Crippen LogP contribution in [0.2, 0.25) is 0 Å². The summed E-state index contributed by atoms with van der Waals surface area (Å²) in [7, 11) is 1.81. The Morgan fingerprint density at radius 2 is 2.17 bits per heavy atom. The lowest BCUT2D eigenvalue weighted by atomic mass is 10.1. The maximum atomic E-state index is 11.5. The molecule has 0 aromatic carbocycles. The fourth-order valence-corrected chi connectivity index (χ4v) is 1.95. The van der Waals surface area contributed by atoms with Gasteiger partial charge in [0.15, 0.2) is 0 Å². The van der Waals surface area contributed by atoms with Crippen molar-refractivity contribution in [2.24, 2.45) is 0 Å². The minimum absolute atomic E-state index is 0.185. The lowest BCUT2D eigenvalue weighted by Gasteiger charge is -2.30. The number of ether oxygens (including phenoxy) is 1. The Balaban J connectivity index is 2.18. The van der Waals surface area contributed by atoms with Gasteiger partial charge >= 0.3 is 5.97 Å². The third kappa shape index (κ3) is 5.49. The van der Waals surface area contributed by atoms with Gasteiger partial charge in [0.25, 0.3) is 0 Å². The fraction of sp³-hybridized carbons (Fsp3) is 0.846. The maximum Gasteiger partial charge on any atom is 0.307 e. The van der Waals surface area contributed by atoms with E-state index >= 15 is 0 Å². The van der Waals surface area contributed by atoms with Crippen LogP contribution < -0.4 is 5.32 Å². The van der Waals surface area contributed by atoms with E-state index < -0.39 is 5.60 Å². The highest BCUT2D eigenvalue weighted by Crippen LogP contribution is 2.10. The van der Waals surface area contributed by atoms with Gasteiger partial charge in [-0.05, 0) is 27.2 Å². The van der Waals surface area contributed by atoms with Crippen LogP contribution in [0.4, 0.5) is 0 Å². The second-order valence-electron chi connectivity index (χ2n) is 5.80. The minimum Gasteiger partial charge on any atom is -0.460 e. The van der Waals surface area contributed by atoms with E-state index in [0.717, 1.165) is 6.42 Å². The monoisotopic (exact) mass is 256 g/mol. The topological polar surface area (TPSA) is 58.6 Å². The van der Waals surface area contributed by atoms with Crippen LogP contribution in [0.15, 0.2) is 0 Å². The molecule has 5 heteroatoms. The molecule has 0 bridgehead atoms. The van der Waals surface area contributed by atoms with Gasteiger partial charge in [-0.25, -0.2) is 0 Å². The van der Waals surface area contributed by atoms with Crippen molar-refractivity contribution >= 4 is 11.9 Å². The Bertz CT molecular complexity index is 310. The highest BCUT2D eigenvalue weighted by atomic mass is 16.6. The molecule has 1 N–H and O–H groups in total. The molecule has 5 nitrogen and oxygen atoms in total. The molecule has 18 heavy (non-hydrogen) atoms. The van der Waals surface area contributed by atoms with Crippen LogP contribution >= 0.6 is 0 Å². The van der Waals surface area contributed by atoms with Crippen molar-refractivity contribution in [1.82, 2.24) is 10.2 Å². The molecule has 104 valence electrons. The fourth-order valence-electron chi connectivity index (χ4n) is 1.95. The Labute approximate surface area is 109 Å². The number of carbonyl (C=O) groups excluding carboxylic acids is 2. The number of esters is 1. The zero-order chi connectivity index (χ0) is 13.8. The quantitative estimate of drug-likeness (QED) is 0.760. The number of rotatable bonds is 4. The smallest absolute Gasteiger partial charge is 0.307 e. The van der Waals surface area contributed by atoms with E-state index in [0.29, 0.717) is 25.9 Å². The second kappa shape index (κ2) is 6.18. The summed E-state index contributed by atoms with van der Waals surface area (Å²) in [5, 5.41) is 3.29. The Morgan fingerprint density at radius 1 is 1.50 bits per heavy atom. The normalized spacial score (nSPS) is 21.0. The third-order valence-corrected chi connectivity index (χ3v) is 2.81. The molecule has 1 aliphatic rings. The molecule has 1 saturated heterocycles. The zero-order valence-electron chi connectivity index (χ0n) is 11.8. The molecule has 1 rings (SSSR count). The number of piperidine rings is 1. The molecule has 1 unspecified atom stereocenters. The van der Waals surface area contributed by atoms with E-state index in [-0.39, 0.29) is 17.9 Å². The van der Waals surface area contributed by atoms with Crippen molar-refractivity contribution in [2.45, 2.75) is 51.7 Å². The van der Waals surface area contributed by atoms with Crippen molar-refractivity contribution in [3.63, 3.8) is 0 Å². The number of amides is 1. The summed E-state index contributed by atoms with van der Waals surface area (Å²) in [4.78, 5) is 24.5. The van der Waals surface area contributed by atoms with E-state index in [2.05, 4.69) is 5.32 Å². The molecule has 0 saturated carbocycles. The third-order valence-electron chi connectivity index (χ3n) is 2.81. The van der Waals surface area contributed by atoms with Gasteiger partial charge in [0, 0.05) is 32.6 Å². The van der Waals surface area contributed by atoms with Gasteiger partial charge in [-0.2, -0.15) is 0 Å². The zero-order valence-corrected chi connectivity index (χ0v) is 11.8. The molecule has 1 amide bonds. The average molecular weight is 256 g/mol. The van der Waals surface area contributed by atoms with Gasteiger partial charge in [0.2, 0.25) is 5.91 Å². The maximum absolute atomic E-state index is 11.5. The second-order valence-corrected chi connectivity index (χ2v) is 5.80. The first-order chi connectivity index (χ1) is 8.28. The van der Waals surface area contributed by atoms with Crippen molar-refractivity contribution in [3.05, 3.63) is 0 Å². The number of hydrogen-bond acceptors (Lipinski definition) is 4. The highest BCUT2D eigenvalue weighted by Gasteiger charge is 2.22. The summed E-state index contributed by atoms with van der Waals surface area (Å²) in [6.07, 6.45) is 1.80. The predicted molar refractivity (Wildman–Crippen MR) is 69.1 cm³/mol. The summed E-state index contributed by atoms with van der Waals surface area (Å²) >= 11 is 0. The van der Waals surface area contributed by atoms with E-state index in [1.54, 1.807) is 4.90 Å². The lowest BCUT2D eigenvalue weighted by molar-refractivity contribution is -0.154. The highest BCUT2D eigenvalue weighted by molar-refractivity contribution is 5.76. The van der Waals surface area contributed by atoms with Gasteiger partial charge in [0.1, 0.15) is 5.60 Å². The molecular weight excluding hydrogens is 232 g/mol. The SMILES string of the molecule is CN1CC(NCCC(=O)OC(C)(C)C)CCC1=O. The summed E-state index contributed by atoms with van der Waals surface area (Å²) in [5.74, 6) is 0.00966. The summed E-state index contributed by atoms with van der Waals surface area (Å²) in [6.45, 7) is 6.90. The van der Waals surface area contributed by atoms with Crippen LogP contribution in [-0.4, -0.2) is 48.6 Å². The Kier molecular flexibility index (Phi) is 5.14. The van der Waals surface area contributed by atoms with E-state index in [1.165, 1.54) is 0 Å².